The molecule has 14 rings (SSSR count). The van der Waals surface area contributed by atoms with Gasteiger partial charge in [0.2, 0.25) is 0 Å². The molecule has 0 spiro atoms. The first-order chi connectivity index (χ1) is 17.8. The van der Waals surface area contributed by atoms with Crippen molar-refractivity contribution in [3.63, 3.8) is 0 Å². The summed E-state index contributed by atoms with van der Waals surface area (Å²) in [7, 11) is 0. The molecule has 0 saturated carbocycles. The first-order valence-electron chi connectivity index (χ1n) is 12.4. The van der Waals surface area contributed by atoms with Crippen LogP contribution in [-0.4, -0.2) is 13.6 Å². The van der Waals surface area contributed by atoms with Crippen molar-refractivity contribution < 1.29 is 18.9 Å². The van der Waals surface area contributed by atoms with Crippen LogP contribution in [0.5, 0.6) is 0 Å². The van der Waals surface area contributed by atoms with Crippen molar-refractivity contribution in [2.45, 2.75) is 39.3 Å². The molecule has 8 bridgehead atoms. The molecule has 0 saturated heterocycles. The maximum Gasteiger partial charge on any atom is 0.147 e. The molecule has 0 aromatic heterocycles. The predicted octanol–water partition coefficient (Wildman–Crippen LogP) is 6.56. The normalized spacial score (nSPS) is 15.6. The van der Waals surface area contributed by atoms with E-state index in [1.807, 2.05) is 0 Å². The summed E-state index contributed by atoms with van der Waals surface area (Å²) in [6, 6.07) is 34.3. The van der Waals surface area contributed by atoms with E-state index >= 15 is 0 Å². The SMILES string of the molecule is c1cc2ccc1COCOCc1ccc(cc1)Cc1ccc(cc1)COCOCc1ccc(cc1)C2. The minimum Gasteiger partial charge on any atom is -0.351 e. The van der Waals surface area contributed by atoms with Crippen molar-refractivity contribution in [3.8, 4) is 0 Å². The van der Waals surface area contributed by atoms with Gasteiger partial charge >= 0.3 is 0 Å². The zero-order valence-electron chi connectivity index (χ0n) is 20.5. The maximum absolute atomic E-state index is 5.72. The Balaban J connectivity index is 1.23. The fourth-order valence-electron chi connectivity index (χ4n) is 4.24. The topological polar surface area (TPSA) is 36.9 Å². The van der Waals surface area contributed by atoms with Gasteiger partial charge in [-0.25, -0.2) is 0 Å². The number of hydrogen-bond donors (Lipinski definition) is 0. The largest absolute Gasteiger partial charge is 0.351 e. The van der Waals surface area contributed by atoms with Crippen LogP contribution >= 0.6 is 0 Å². The van der Waals surface area contributed by atoms with Crippen molar-refractivity contribution in [3.05, 3.63) is 142 Å². The van der Waals surface area contributed by atoms with E-state index < -0.39 is 0 Å². The van der Waals surface area contributed by atoms with Crippen LogP contribution in [0.25, 0.3) is 0 Å². The summed E-state index contributed by atoms with van der Waals surface area (Å²) in [4.78, 5) is 0. The molecular formula is C32H32O4. The average molecular weight is 481 g/mol. The third-order valence-electron chi connectivity index (χ3n) is 6.32. The van der Waals surface area contributed by atoms with Crippen LogP contribution in [0.15, 0.2) is 97.1 Å². The minimum atomic E-state index is 0.273. The van der Waals surface area contributed by atoms with Gasteiger partial charge in [-0.05, 0) is 57.3 Å². The lowest BCUT2D eigenvalue weighted by Crippen LogP contribution is -2.02. The van der Waals surface area contributed by atoms with Crippen LogP contribution in [0.3, 0.4) is 0 Å². The van der Waals surface area contributed by atoms with Crippen LogP contribution in [0.4, 0.5) is 0 Å². The highest BCUT2D eigenvalue weighted by molar-refractivity contribution is 5.31. The van der Waals surface area contributed by atoms with Gasteiger partial charge in [0, 0.05) is 0 Å². The van der Waals surface area contributed by atoms with E-state index in [0.29, 0.717) is 26.4 Å². The summed E-state index contributed by atoms with van der Waals surface area (Å²) in [5.41, 5.74) is 9.67. The van der Waals surface area contributed by atoms with Gasteiger partial charge in [0.05, 0.1) is 26.4 Å². The highest BCUT2D eigenvalue weighted by Crippen LogP contribution is 2.15. The molecule has 4 heteroatoms. The first kappa shape index (κ1) is 24.4. The zero-order chi connectivity index (χ0) is 24.4. The second-order valence-corrected chi connectivity index (χ2v) is 9.25. The highest BCUT2D eigenvalue weighted by atomic mass is 16.7. The van der Waals surface area contributed by atoms with Gasteiger partial charge in [0.15, 0.2) is 0 Å². The van der Waals surface area contributed by atoms with Gasteiger partial charge in [0.1, 0.15) is 13.6 Å². The summed E-state index contributed by atoms with van der Waals surface area (Å²) in [6.07, 6.45) is 1.79. The monoisotopic (exact) mass is 480 g/mol. The van der Waals surface area contributed by atoms with E-state index in [1.165, 1.54) is 22.3 Å². The highest BCUT2D eigenvalue weighted by Gasteiger charge is 2.03. The van der Waals surface area contributed by atoms with Crippen LogP contribution < -0.4 is 0 Å². The molecule has 0 unspecified atom stereocenters. The number of benzene rings is 4. The molecule has 10 aliphatic rings. The van der Waals surface area contributed by atoms with Crippen LogP contribution in [0.1, 0.15) is 44.5 Å². The van der Waals surface area contributed by atoms with Crippen LogP contribution in [-0.2, 0) is 58.2 Å². The second kappa shape index (κ2) is 12.6. The molecular weight excluding hydrogens is 448 g/mol. The molecule has 10 heterocycles. The van der Waals surface area contributed by atoms with Crippen molar-refractivity contribution in [2.75, 3.05) is 13.6 Å². The molecule has 36 heavy (non-hydrogen) atoms. The molecule has 0 amide bonds. The van der Waals surface area contributed by atoms with Gasteiger partial charge in [0.25, 0.3) is 0 Å². The second-order valence-electron chi connectivity index (χ2n) is 9.25. The third kappa shape index (κ3) is 7.36. The van der Waals surface area contributed by atoms with Gasteiger partial charge in [-0.1, -0.05) is 97.1 Å². The van der Waals surface area contributed by atoms with Gasteiger partial charge in [-0.3, -0.25) is 0 Å². The summed E-state index contributed by atoms with van der Waals surface area (Å²) < 4.78 is 22.9. The Morgan fingerprint density at radius 3 is 0.694 bits per heavy atom. The van der Waals surface area contributed by atoms with Gasteiger partial charge < -0.3 is 18.9 Å². The van der Waals surface area contributed by atoms with Crippen molar-refractivity contribution in [2.24, 2.45) is 0 Å². The maximum atomic E-state index is 5.72. The standard InChI is InChI=1S/C32H32O4/c1-9-29-10-2-25(1)17-26-3-11-30(12-4-26)20-35-24-36-22-32-15-7-28(8-16-32)18-27-5-13-31(14-6-27)21-34-23-33-19-29/h1-16H,17-24H2. The Morgan fingerprint density at radius 2 is 0.472 bits per heavy atom. The third-order valence-corrected chi connectivity index (χ3v) is 6.32. The number of ether oxygens (including phenoxy) is 4. The molecule has 0 fully saturated rings. The van der Waals surface area contributed by atoms with Crippen LogP contribution in [0, 0.1) is 0 Å². The Kier molecular flexibility index (Phi) is 8.55. The van der Waals surface area contributed by atoms with E-state index in [0.717, 1.165) is 35.1 Å². The Hall–Kier alpha value is -3.28. The lowest BCUT2D eigenvalue weighted by atomic mass is 10.0. The Labute approximate surface area is 213 Å². The predicted molar refractivity (Wildman–Crippen MR) is 140 cm³/mol. The molecule has 0 aliphatic carbocycles. The van der Waals surface area contributed by atoms with E-state index in [4.69, 9.17) is 18.9 Å². The fourth-order valence-corrected chi connectivity index (χ4v) is 4.24. The van der Waals surface area contributed by atoms with Gasteiger partial charge in [-0.15, -0.1) is 0 Å². The van der Waals surface area contributed by atoms with Crippen molar-refractivity contribution in [1.29, 1.82) is 0 Å². The Morgan fingerprint density at radius 1 is 0.278 bits per heavy atom. The summed E-state index contributed by atoms with van der Waals surface area (Å²) >= 11 is 0. The quantitative estimate of drug-likeness (QED) is 0.285. The lowest BCUT2D eigenvalue weighted by Gasteiger charge is -2.10. The molecule has 4 aromatic rings. The van der Waals surface area contributed by atoms with E-state index in [1.54, 1.807) is 0 Å². The molecule has 0 radical (unpaired) electrons. The van der Waals surface area contributed by atoms with E-state index in [-0.39, 0.29) is 13.6 Å². The fraction of sp³-hybridized carbons (Fsp3) is 0.250. The molecule has 10 aliphatic heterocycles. The minimum absolute atomic E-state index is 0.273. The molecule has 4 nitrogen and oxygen atoms in total. The summed E-state index contributed by atoms with van der Waals surface area (Å²) in [5.74, 6) is 0. The molecule has 0 N–H and O–H groups in total. The van der Waals surface area contributed by atoms with Crippen LogP contribution in [0.2, 0.25) is 0 Å². The number of rotatable bonds is 0. The van der Waals surface area contributed by atoms with Crippen molar-refractivity contribution >= 4 is 0 Å². The average Bonchev–Trinajstić information content (AvgIpc) is 2.92. The molecule has 184 valence electrons. The van der Waals surface area contributed by atoms with Gasteiger partial charge in [-0.2, -0.15) is 0 Å². The first-order valence-corrected chi connectivity index (χ1v) is 12.4. The Bertz CT molecular complexity index is 1000. The zero-order valence-corrected chi connectivity index (χ0v) is 20.5. The summed E-state index contributed by atoms with van der Waals surface area (Å²) in [5, 5.41) is 0. The van der Waals surface area contributed by atoms with E-state index in [2.05, 4.69) is 97.1 Å². The van der Waals surface area contributed by atoms with Crippen molar-refractivity contribution in [1.82, 2.24) is 0 Å². The summed E-state index contributed by atoms with van der Waals surface area (Å²) in [6.45, 7) is 2.70. The smallest absolute Gasteiger partial charge is 0.147 e. The van der Waals surface area contributed by atoms with E-state index in [9.17, 15) is 0 Å². The lowest BCUT2D eigenvalue weighted by molar-refractivity contribution is -0.0690. The molecule has 4 aromatic carbocycles. The molecule has 0 atom stereocenters. The number of hydrogen-bond acceptors (Lipinski definition) is 4.